The van der Waals surface area contributed by atoms with Crippen molar-refractivity contribution in [2.75, 3.05) is 14.2 Å². The molecule has 6 rings (SSSR count). The largest absolute Gasteiger partial charge is 0.497 e. The number of nitrogens with zero attached hydrogens (tertiary/aromatic N) is 3. The zero-order chi connectivity index (χ0) is 29.9. The summed E-state index contributed by atoms with van der Waals surface area (Å²) in [6, 6.07) is 31.9. The normalized spacial score (nSPS) is 11.2. The van der Waals surface area contributed by atoms with Gasteiger partial charge in [0.15, 0.2) is 0 Å². The maximum absolute atomic E-state index is 13.5. The molecule has 4 aromatic carbocycles. The molecule has 0 aliphatic rings. The van der Waals surface area contributed by atoms with Crippen LogP contribution in [0.15, 0.2) is 106 Å². The van der Waals surface area contributed by atoms with Crippen LogP contribution in [-0.4, -0.2) is 25.0 Å². The summed E-state index contributed by atoms with van der Waals surface area (Å²) >= 11 is 0. The average molecular weight is 570 g/mol. The van der Waals surface area contributed by atoms with Gasteiger partial charge in [0, 0.05) is 46.0 Å². The maximum atomic E-state index is 13.5. The van der Waals surface area contributed by atoms with Gasteiger partial charge in [-0.2, -0.15) is 5.26 Å². The van der Waals surface area contributed by atoms with Crippen LogP contribution < -0.4 is 9.47 Å². The van der Waals surface area contributed by atoms with Crippen molar-refractivity contribution in [1.82, 2.24) is 4.57 Å². The molecule has 7 heteroatoms. The highest BCUT2D eigenvalue weighted by Gasteiger charge is 2.23. The van der Waals surface area contributed by atoms with Gasteiger partial charge in [0.2, 0.25) is 5.88 Å². The van der Waals surface area contributed by atoms with Gasteiger partial charge in [0.05, 0.1) is 14.2 Å². The number of benzene rings is 4. The number of fused-ring (bicyclic) bond motifs is 1. The summed E-state index contributed by atoms with van der Waals surface area (Å²) in [5.74, 6) is 1.91. The zero-order valence-electron chi connectivity index (χ0n) is 24.0. The van der Waals surface area contributed by atoms with E-state index in [0.29, 0.717) is 34.9 Å². The third-order valence-electron chi connectivity index (χ3n) is 7.58. The second-order valence-corrected chi connectivity index (χ2v) is 10.0. The molecule has 0 aliphatic carbocycles. The van der Waals surface area contributed by atoms with E-state index in [2.05, 4.69) is 16.7 Å². The minimum absolute atomic E-state index is 0.217. The Morgan fingerprint density at radius 1 is 0.860 bits per heavy atom. The Morgan fingerprint density at radius 3 is 2.12 bits per heavy atom. The average Bonchev–Trinajstić information content (AvgIpc) is 3.55. The molecule has 0 radical (unpaired) electrons. The van der Waals surface area contributed by atoms with Crippen LogP contribution >= 0.6 is 0 Å². The van der Waals surface area contributed by atoms with Crippen molar-refractivity contribution in [3.8, 4) is 40.0 Å². The van der Waals surface area contributed by atoms with Gasteiger partial charge in [-0.15, -0.1) is 0 Å². The van der Waals surface area contributed by atoms with Gasteiger partial charge >= 0.3 is 0 Å². The van der Waals surface area contributed by atoms with E-state index in [1.165, 1.54) is 12.1 Å². The molecular formula is C36H28FN3O3. The summed E-state index contributed by atoms with van der Waals surface area (Å²) in [5, 5.41) is 11.4. The number of nitriles is 1. The summed E-state index contributed by atoms with van der Waals surface area (Å²) in [6.07, 6.45) is 1.76. The fourth-order valence-corrected chi connectivity index (χ4v) is 5.31. The van der Waals surface area contributed by atoms with Gasteiger partial charge in [0.1, 0.15) is 34.7 Å². The van der Waals surface area contributed by atoms with Crippen LogP contribution in [0.25, 0.3) is 33.4 Å². The molecule has 0 aliphatic heterocycles. The molecule has 0 atom stereocenters. The number of furan rings is 1. The lowest BCUT2D eigenvalue weighted by Gasteiger charge is -2.08. The standard InChI is InChI=1S/C36H28FN3O3/c1-23-32(30-6-4-5-7-33(30)40(23)22-24-8-14-27(37)15-9-24)21-39-36-31(20-38)34(25-10-16-28(41-2)17-11-25)35(43-36)26-12-18-29(42-3)19-13-26/h4-19,21H,22H2,1-3H3. The molecule has 0 N–H and O–H groups in total. The van der Waals surface area contributed by atoms with Crippen molar-refractivity contribution < 1.29 is 18.3 Å². The predicted octanol–water partition coefficient (Wildman–Crippen LogP) is 8.70. The van der Waals surface area contributed by atoms with Crippen LogP contribution in [0, 0.1) is 24.1 Å². The Kier molecular flexibility index (Phi) is 7.50. The monoisotopic (exact) mass is 569 g/mol. The van der Waals surface area contributed by atoms with Gasteiger partial charge in [-0.1, -0.05) is 42.5 Å². The fraction of sp³-hybridized carbons (Fsp3) is 0.111. The van der Waals surface area contributed by atoms with E-state index in [1.807, 2.05) is 73.7 Å². The summed E-state index contributed by atoms with van der Waals surface area (Å²) < 4.78 is 32.8. The lowest BCUT2D eigenvalue weighted by Crippen LogP contribution is -2.02. The highest BCUT2D eigenvalue weighted by atomic mass is 19.1. The second-order valence-electron chi connectivity index (χ2n) is 10.0. The first-order valence-electron chi connectivity index (χ1n) is 13.7. The van der Waals surface area contributed by atoms with E-state index in [0.717, 1.165) is 38.9 Å². The maximum Gasteiger partial charge on any atom is 0.238 e. The number of methoxy groups -OCH3 is 2. The number of aromatic nitrogens is 1. The first-order chi connectivity index (χ1) is 21.0. The number of para-hydroxylation sites is 1. The molecule has 0 amide bonds. The van der Waals surface area contributed by atoms with E-state index in [1.54, 1.807) is 32.6 Å². The minimum Gasteiger partial charge on any atom is -0.497 e. The molecule has 0 saturated carbocycles. The Bertz CT molecular complexity index is 1980. The quantitative estimate of drug-likeness (QED) is 0.172. The van der Waals surface area contributed by atoms with Crippen molar-refractivity contribution >= 4 is 23.0 Å². The van der Waals surface area contributed by atoms with E-state index < -0.39 is 0 Å². The second kappa shape index (κ2) is 11.7. The van der Waals surface area contributed by atoms with Gasteiger partial charge in [0.25, 0.3) is 0 Å². The van der Waals surface area contributed by atoms with Crippen LogP contribution in [-0.2, 0) is 6.54 Å². The Hall–Kier alpha value is -5.61. The van der Waals surface area contributed by atoms with E-state index in [-0.39, 0.29) is 11.7 Å². The molecule has 2 aromatic heterocycles. The number of hydrogen-bond donors (Lipinski definition) is 0. The van der Waals surface area contributed by atoms with Crippen molar-refractivity contribution in [2.24, 2.45) is 4.99 Å². The number of rotatable bonds is 8. The fourth-order valence-electron chi connectivity index (χ4n) is 5.31. The first kappa shape index (κ1) is 27.6. The number of hydrogen-bond acceptors (Lipinski definition) is 5. The molecule has 6 nitrogen and oxygen atoms in total. The van der Waals surface area contributed by atoms with E-state index in [4.69, 9.17) is 18.9 Å². The molecule has 0 fully saturated rings. The number of aliphatic imine (C=N–C) groups is 1. The van der Waals surface area contributed by atoms with Crippen LogP contribution in [0.2, 0.25) is 0 Å². The number of ether oxygens (including phenoxy) is 2. The molecule has 6 aromatic rings. The van der Waals surface area contributed by atoms with Gasteiger partial charge in [-0.3, -0.25) is 0 Å². The first-order valence-corrected chi connectivity index (χ1v) is 13.7. The van der Waals surface area contributed by atoms with Gasteiger partial charge < -0.3 is 18.5 Å². The minimum atomic E-state index is -0.263. The summed E-state index contributed by atoms with van der Waals surface area (Å²) in [6.45, 7) is 2.61. The third kappa shape index (κ3) is 5.27. The molecule has 43 heavy (non-hydrogen) atoms. The van der Waals surface area contributed by atoms with Crippen LogP contribution in [0.5, 0.6) is 11.5 Å². The van der Waals surface area contributed by atoms with Crippen LogP contribution in [0.4, 0.5) is 10.3 Å². The molecule has 0 bridgehead atoms. The Labute approximate surface area is 248 Å². The molecule has 0 saturated heterocycles. The van der Waals surface area contributed by atoms with Crippen molar-refractivity contribution in [3.63, 3.8) is 0 Å². The topological polar surface area (TPSA) is 72.7 Å². The summed E-state index contributed by atoms with van der Waals surface area (Å²) in [4.78, 5) is 4.76. The lowest BCUT2D eigenvalue weighted by molar-refractivity contribution is 0.414. The van der Waals surface area contributed by atoms with E-state index in [9.17, 15) is 9.65 Å². The lowest BCUT2D eigenvalue weighted by atomic mass is 9.98. The van der Waals surface area contributed by atoms with Gasteiger partial charge in [-0.25, -0.2) is 9.38 Å². The Morgan fingerprint density at radius 2 is 1.49 bits per heavy atom. The van der Waals surface area contributed by atoms with Crippen molar-refractivity contribution in [2.45, 2.75) is 13.5 Å². The third-order valence-corrected chi connectivity index (χ3v) is 7.58. The van der Waals surface area contributed by atoms with Crippen molar-refractivity contribution in [1.29, 1.82) is 5.26 Å². The van der Waals surface area contributed by atoms with Gasteiger partial charge in [-0.05, 0) is 72.6 Å². The molecular weight excluding hydrogens is 541 g/mol. The van der Waals surface area contributed by atoms with E-state index >= 15 is 0 Å². The SMILES string of the molecule is COc1ccc(-c2oc(N=Cc3c(C)n(Cc4ccc(F)cc4)c4ccccc34)c(C#N)c2-c2ccc(OC)cc2)cc1. The summed E-state index contributed by atoms with van der Waals surface area (Å²) in [5.41, 5.74) is 6.50. The highest BCUT2D eigenvalue weighted by Crippen LogP contribution is 2.43. The van der Waals surface area contributed by atoms with Crippen LogP contribution in [0.3, 0.4) is 0 Å². The Balaban J connectivity index is 1.47. The molecule has 0 spiro atoms. The zero-order valence-corrected chi connectivity index (χ0v) is 24.0. The highest BCUT2D eigenvalue weighted by molar-refractivity contribution is 6.02. The molecule has 2 heterocycles. The molecule has 0 unspecified atom stereocenters. The summed E-state index contributed by atoms with van der Waals surface area (Å²) in [7, 11) is 3.23. The van der Waals surface area contributed by atoms with Crippen LogP contribution in [0.1, 0.15) is 22.4 Å². The number of halogens is 1. The molecule has 212 valence electrons. The van der Waals surface area contributed by atoms with Crippen molar-refractivity contribution in [3.05, 3.63) is 125 Å². The smallest absolute Gasteiger partial charge is 0.238 e. The predicted molar refractivity (Wildman–Crippen MR) is 167 cm³/mol.